The predicted molar refractivity (Wildman–Crippen MR) is 86.9 cm³/mol. The number of rotatable bonds is 5. The van der Waals surface area contributed by atoms with Crippen LogP contribution in [0.1, 0.15) is 36.3 Å². The van der Waals surface area contributed by atoms with Gasteiger partial charge in [0.25, 0.3) is 0 Å². The molecule has 1 aliphatic carbocycles. The Morgan fingerprint density at radius 3 is 2.55 bits per heavy atom. The van der Waals surface area contributed by atoms with Gasteiger partial charge in [0.1, 0.15) is 5.01 Å². The van der Waals surface area contributed by atoms with Crippen LogP contribution >= 0.6 is 34.5 Å². The van der Waals surface area contributed by atoms with Crippen molar-refractivity contribution in [3.8, 4) is 10.6 Å². The number of nitrogens with zero attached hydrogens (tertiary/aromatic N) is 1. The Morgan fingerprint density at radius 1 is 1.25 bits per heavy atom. The van der Waals surface area contributed by atoms with Crippen molar-refractivity contribution in [2.24, 2.45) is 0 Å². The molecule has 2 nitrogen and oxygen atoms in total. The highest BCUT2D eigenvalue weighted by molar-refractivity contribution is 7.15. The van der Waals surface area contributed by atoms with E-state index >= 15 is 0 Å². The van der Waals surface area contributed by atoms with Gasteiger partial charge in [-0.25, -0.2) is 4.98 Å². The first kappa shape index (κ1) is 14.3. The summed E-state index contributed by atoms with van der Waals surface area (Å²) in [6.07, 6.45) is 2.53. The maximum Gasteiger partial charge on any atom is 0.124 e. The summed E-state index contributed by atoms with van der Waals surface area (Å²) in [5.74, 6) is 0.656. The molecule has 1 heterocycles. The van der Waals surface area contributed by atoms with Gasteiger partial charge in [0.2, 0.25) is 0 Å². The molecule has 0 saturated heterocycles. The van der Waals surface area contributed by atoms with Crippen LogP contribution in [0.15, 0.2) is 18.2 Å². The zero-order chi connectivity index (χ0) is 14.1. The molecule has 1 aromatic heterocycles. The summed E-state index contributed by atoms with van der Waals surface area (Å²) in [7, 11) is 0. The SMILES string of the molecule is CCNCc1sc(-c2cc(Cl)cc(Cl)c2)nc1C1CC1. The van der Waals surface area contributed by atoms with Gasteiger partial charge in [-0.15, -0.1) is 11.3 Å². The quantitative estimate of drug-likeness (QED) is 0.826. The summed E-state index contributed by atoms with van der Waals surface area (Å²) in [4.78, 5) is 6.19. The molecular weight excluding hydrogens is 311 g/mol. The van der Waals surface area contributed by atoms with Crippen LogP contribution in [-0.2, 0) is 6.54 Å². The van der Waals surface area contributed by atoms with Gasteiger partial charge in [0, 0.05) is 32.9 Å². The Morgan fingerprint density at radius 2 is 1.95 bits per heavy atom. The van der Waals surface area contributed by atoms with Crippen molar-refractivity contribution in [1.29, 1.82) is 0 Å². The second-order valence-electron chi connectivity index (χ2n) is 5.04. The molecule has 0 spiro atoms. The molecule has 2 aromatic rings. The van der Waals surface area contributed by atoms with Gasteiger partial charge < -0.3 is 5.32 Å². The fourth-order valence-electron chi connectivity index (χ4n) is 2.21. The Balaban J connectivity index is 1.96. The molecule has 0 atom stereocenters. The van der Waals surface area contributed by atoms with Crippen molar-refractivity contribution >= 4 is 34.5 Å². The summed E-state index contributed by atoms with van der Waals surface area (Å²) in [5.41, 5.74) is 2.28. The molecule has 0 amide bonds. The summed E-state index contributed by atoms with van der Waals surface area (Å²) in [6.45, 7) is 3.99. The van der Waals surface area contributed by atoms with E-state index in [1.807, 2.05) is 12.1 Å². The van der Waals surface area contributed by atoms with Gasteiger partial charge in [-0.2, -0.15) is 0 Å². The van der Waals surface area contributed by atoms with E-state index in [0.29, 0.717) is 16.0 Å². The zero-order valence-electron chi connectivity index (χ0n) is 11.2. The minimum atomic E-state index is 0.656. The molecule has 3 rings (SSSR count). The van der Waals surface area contributed by atoms with E-state index < -0.39 is 0 Å². The highest BCUT2D eigenvalue weighted by atomic mass is 35.5. The van der Waals surface area contributed by atoms with E-state index in [2.05, 4.69) is 12.2 Å². The number of halogens is 2. The molecule has 1 fully saturated rings. The van der Waals surface area contributed by atoms with Gasteiger partial charge in [-0.1, -0.05) is 30.1 Å². The molecule has 1 saturated carbocycles. The molecule has 1 aliphatic rings. The van der Waals surface area contributed by atoms with Crippen molar-refractivity contribution in [2.45, 2.75) is 32.2 Å². The van der Waals surface area contributed by atoms with Crippen LogP contribution in [0, 0.1) is 0 Å². The van der Waals surface area contributed by atoms with Crippen LogP contribution in [0.25, 0.3) is 10.6 Å². The van der Waals surface area contributed by atoms with E-state index in [1.54, 1.807) is 17.4 Å². The lowest BCUT2D eigenvalue weighted by Crippen LogP contribution is -2.11. The third-order valence-corrected chi connectivity index (χ3v) is 4.89. The van der Waals surface area contributed by atoms with Crippen molar-refractivity contribution < 1.29 is 0 Å². The van der Waals surface area contributed by atoms with Crippen LogP contribution in [-0.4, -0.2) is 11.5 Å². The number of hydrogen-bond acceptors (Lipinski definition) is 3. The standard InChI is InChI=1S/C15H16Cl2N2S/c1-2-18-8-13-14(9-3-4-9)19-15(20-13)10-5-11(16)7-12(17)6-10/h5-7,9,18H,2-4,8H2,1H3. The largest absolute Gasteiger partial charge is 0.312 e. The fraction of sp³-hybridized carbons (Fsp3) is 0.400. The Kier molecular flexibility index (Phi) is 4.32. The van der Waals surface area contributed by atoms with E-state index in [-0.39, 0.29) is 0 Å². The number of benzene rings is 1. The second kappa shape index (κ2) is 6.02. The molecule has 0 unspecified atom stereocenters. The summed E-state index contributed by atoms with van der Waals surface area (Å²) >= 11 is 13.9. The van der Waals surface area contributed by atoms with Crippen molar-refractivity contribution in [3.63, 3.8) is 0 Å². The van der Waals surface area contributed by atoms with Crippen molar-refractivity contribution in [3.05, 3.63) is 38.8 Å². The lowest BCUT2D eigenvalue weighted by molar-refractivity contribution is 0.727. The number of hydrogen-bond donors (Lipinski definition) is 1. The van der Waals surface area contributed by atoms with E-state index in [1.165, 1.54) is 23.4 Å². The Bertz CT molecular complexity index is 600. The summed E-state index contributed by atoms with van der Waals surface area (Å²) in [6, 6.07) is 5.61. The minimum absolute atomic E-state index is 0.656. The van der Waals surface area contributed by atoms with Gasteiger partial charge in [0.15, 0.2) is 0 Å². The molecule has 5 heteroatoms. The maximum atomic E-state index is 6.09. The molecule has 1 N–H and O–H groups in total. The molecule has 1 aromatic carbocycles. The monoisotopic (exact) mass is 326 g/mol. The fourth-order valence-corrected chi connectivity index (χ4v) is 3.84. The third-order valence-electron chi connectivity index (χ3n) is 3.34. The van der Waals surface area contributed by atoms with Gasteiger partial charge in [0.05, 0.1) is 5.69 Å². The summed E-state index contributed by atoms with van der Waals surface area (Å²) in [5, 5.41) is 5.72. The highest BCUT2D eigenvalue weighted by Gasteiger charge is 2.29. The zero-order valence-corrected chi connectivity index (χ0v) is 13.6. The van der Waals surface area contributed by atoms with Crippen LogP contribution in [0.2, 0.25) is 10.0 Å². The lowest BCUT2D eigenvalue weighted by Gasteiger charge is -2.00. The Hall–Kier alpha value is -0.610. The Labute approximate surface area is 133 Å². The number of nitrogens with one attached hydrogen (secondary N) is 1. The average Bonchev–Trinajstić information content (AvgIpc) is 3.15. The second-order valence-corrected chi connectivity index (χ2v) is 7.00. The molecular formula is C15H16Cl2N2S. The lowest BCUT2D eigenvalue weighted by atomic mass is 10.2. The van der Waals surface area contributed by atoms with E-state index in [4.69, 9.17) is 28.2 Å². The van der Waals surface area contributed by atoms with Gasteiger partial charge in [-0.3, -0.25) is 0 Å². The van der Waals surface area contributed by atoms with Crippen molar-refractivity contribution in [1.82, 2.24) is 10.3 Å². The van der Waals surface area contributed by atoms with Gasteiger partial charge >= 0.3 is 0 Å². The molecule has 0 radical (unpaired) electrons. The van der Waals surface area contributed by atoms with Crippen LogP contribution in [0.4, 0.5) is 0 Å². The number of aromatic nitrogens is 1. The summed E-state index contributed by atoms with van der Waals surface area (Å²) < 4.78 is 0. The first-order valence-corrected chi connectivity index (χ1v) is 8.41. The first-order chi connectivity index (χ1) is 9.67. The predicted octanol–water partition coefficient (Wildman–Crippen LogP) is 5.10. The minimum Gasteiger partial charge on any atom is -0.312 e. The maximum absolute atomic E-state index is 6.09. The first-order valence-electron chi connectivity index (χ1n) is 6.84. The average molecular weight is 327 g/mol. The van der Waals surface area contributed by atoms with Crippen LogP contribution < -0.4 is 5.32 Å². The van der Waals surface area contributed by atoms with Crippen molar-refractivity contribution in [2.75, 3.05) is 6.54 Å². The highest BCUT2D eigenvalue weighted by Crippen LogP contribution is 2.44. The third kappa shape index (κ3) is 3.17. The number of thiazole rings is 1. The van der Waals surface area contributed by atoms with Gasteiger partial charge in [-0.05, 0) is 37.6 Å². The smallest absolute Gasteiger partial charge is 0.124 e. The topological polar surface area (TPSA) is 24.9 Å². The molecule has 0 bridgehead atoms. The normalized spacial score (nSPS) is 14.8. The van der Waals surface area contributed by atoms with E-state index in [0.717, 1.165) is 23.7 Å². The molecule has 20 heavy (non-hydrogen) atoms. The molecule has 106 valence electrons. The molecule has 0 aliphatic heterocycles. The van der Waals surface area contributed by atoms with Crippen LogP contribution in [0.3, 0.4) is 0 Å². The van der Waals surface area contributed by atoms with E-state index in [9.17, 15) is 0 Å². The van der Waals surface area contributed by atoms with Crippen LogP contribution in [0.5, 0.6) is 0 Å².